The molecule has 8 heteroatoms. The van der Waals surface area contributed by atoms with E-state index in [9.17, 15) is 9.00 Å². The van der Waals surface area contributed by atoms with E-state index in [-0.39, 0.29) is 30.3 Å². The molecule has 224 valence electrons. The van der Waals surface area contributed by atoms with Crippen molar-refractivity contribution in [1.82, 2.24) is 4.72 Å². The molecule has 1 N–H and O–H groups in total. The molecular formula is C33H45ClN2O4S. The summed E-state index contributed by atoms with van der Waals surface area (Å²) in [4.78, 5) is 16.2. The molecule has 2 aliphatic rings. The topological polar surface area (TPSA) is 67.9 Å². The van der Waals surface area contributed by atoms with Crippen LogP contribution in [-0.2, 0) is 26.9 Å². The van der Waals surface area contributed by atoms with Gasteiger partial charge in [-0.05, 0) is 79.0 Å². The van der Waals surface area contributed by atoms with E-state index in [1.54, 1.807) is 13.2 Å². The highest BCUT2D eigenvalue weighted by molar-refractivity contribution is 7.83. The number of rotatable bonds is 6. The van der Waals surface area contributed by atoms with Gasteiger partial charge in [-0.15, -0.1) is 0 Å². The van der Waals surface area contributed by atoms with Gasteiger partial charge in [0.25, 0.3) is 0 Å². The standard InChI is InChI=1S/C33H45ClN2O4S/c1-5-9-25-18-27(34)12-14-29(25)26-20-36-17-16-24(6-2)11-8-7-10-23(3)30(22-39-4)33(37)35-41(38)28-13-15-32(40-21-26)31(36)19-28/h7-8,12-15,18-19,23-24,26,30H,5-6,9-11,16-17,20-22H2,1-4H3,(H,35,37)/b8-7+. The van der Waals surface area contributed by atoms with Gasteiger partial charge in [0.15, 0.2) is 11.0 Å². The number of anilines is 1. The van der Waals surface area contributed by atoms with E-state index in [0.717, 1.165) is 68.1 Å². The zero-order valence-corrected chi connectivity index (χ0v) is 26.4. The number of benzene rings is 2. The number of amides is 1. The third-order valence-corrected chi connectivity index (χ3v) is 9.83. The van der Waals surface area contributed by atoms with Crippen molar-refractivity contribution in [2.45, 2.75) is 70.1 Å². The van der Waals surface area contributed by atoms with Gasteiger partial charge in [-0.1, -0.05) is 63.4 Å². The second kappa shape index (κ2) is 15.2. The lowest BCUT2D eigenvalue weighted by atomic mass is 9.90. The Hall–Kier alpha value is -2.35. The molecule has 4 rings (SSSR count). The van der Waals surface area contributed by atoms with E-state index in [2.05, 4.69) is 54.7 Å². The van der Waals surface area contributed by atoms with Gasteiger partial charge in [0.1, 0.15) is 5.75 Å². The fourth-order valence-corrected chi connectivity index (χ4v) is 7.00. The molecule has 0 spiro atoms. The van der Waals surface area contributed by atoms with Crippen LogP contribution in [-0.4, -0.2) is 43.5 Å². The van der Waals surface area contributed by atoms with E-state index < -0.39 is 11.0 Å². The van der Waals surface area contributed by atoms with Gasteiger partial charge in [0.05, 0.1) is 29.7 Å². The van der Waals surface area contributed by atoms with Crippen molar-refractivity contribution in [3.05, 3.63) is 64.7 Å². The van der Waals surface area contributed by atoms with Gasteiger partial charge >= 0.3 is 0 Å². The maximum atomic E-state index is 13.4. The zero-order valence-electron chi connectivity index (χ0n) is 24.9. The van der Waals surface area contributed by atoms with E-state index >= 15 is 0 Å². The Morgan fingerprint density at radius 1 is 1.15 bits per heavy atom. The van der Waals surface area contributed by atoms with Crippen LogP contribution < -0.4 is 14.4 Å². The van der Waals surface area contributed by atoms with Crippen molar-refractivity contribution in [3.8, 4) is 5.75 Å². The number of methoxy groups -OCH3 is 1. The SMILES string of the molecule is CCCc1cc(Cl)ccc1C1COc2ccc3cc2N(CCC(CC)C/C=C/CC(C)C(COC)C(=O)NS3=O)C1. The Bertz CT molecular complexity index is 1240. The number of carbonyl (C=O) groups excluding carboxylic acids is 1. The van der Waals surface area contributed by atoms with Crippen molar-refractivity contribution in [1.29, 1.82) is 0 Å². The van der Waals surface area contributed by atoms with Crippen molar-refractivity contribution < 1.29 is 18.5 Å². The fourth-order valence-electron chi connectivity index (χ4n) is 5.94. The normalized spacial score (nSPS) is 26.5. The molecule has 2 heterocycles. The van der Waals surface area contributed by atoms with Crippen LogP contribution in [0, 0.1) is 17.8 Å². The quantitative estimate of drug-likeness (QED) is 0.359. The van der Waals surface area contributed by atoms with Crippen LogP contribution in [0.15, 0.2) is 53.4 Å². The Balaban J connectivity index is 1.70. The molecule has 0 aromatic heterocycles. The molecule has 2 aromatic carbocycles. The highest BCUT2D eigenvalue weighted by Gasteiger charge is 2.29. The summed E-state index contributed by atoms with van der Waals surface area (Å²) in [7, 11) is -0.102. The summed E-state index contributed by atoms with van der Waals surface area (Å²) in [5.41, 5.74) is 3.48. The molecule has 1 amide bonds. The predicted molar refractivity (Wildman–Crippen MR) is 168 cm³/mol. The average molecular weight is 601 g/mol. The fraction of sp³-hybridized carbons (Fsp3) is 0.545. The van der Waals surface area contributed by atoms with E-state index in [1.807, 2.05) is 18.2 Å². The number of hydrogen-bond donors (Lipinski definition) is 1. The number of nitrogens with zero attached hydrogens (tertiary/aromatic N) is 1. The first kappa shape index (κ1) is 31.6. The Kier molecular flexibility index (Phi) is 11.7. The molecule has 2 aromatic rings. The summed E-state index contributed by atoms with van der Waals surface area (Å²) in [6, 6.07) is 11.9. The van der Waals surface area contributed by atoms with E-state index in [4.69, 9.17) is 21.1 Å². The summed E-state index contributed by atoms with van der Waals surface area (Å²) < 4.78 is 28.0. The first-order chi connectivity index (χ1) is 19.8. The lowest BCUT2D eigenvalue weighted by Crippen LogP contribution is -2.38. The molecule has 0 fully saturated rings. The van der Waals surface area contributed by atoms with Gasteiger partial charge in [0.2, 0.25) is 5.91 Å². The van der Waals surface area contributed by atoms with Crippen LogP contribution in [0.4, 0.5) is 5.69 Å². The van der Waals surface area contributed by atoms with E-state index in [1.165, 1.54) is 11.1 Å². The monoisotopic (exact) mass is 600 g/mol. The number of nitrogens with one attached hydrogen (secondary N) is 1. The van der Waals surface area contributed by atoms with Crippen LogP contribution in [0.2, 0.25) is 5.02 Å². The number of allylic oxidation sites excluding steroid dienone is 2. The molecule has 6 nitrogen and oxygen atoms in total. The summed E-state index contributed by atoms with van der Waals surface area (Å²) >= 11 is 6.39. The minimum absolute atomic E-state index is 0.0644. The first-order valence-electron chi connectivity index (χ1n) is 15.0. The number of carbonyl (C=O) groups is 1. The molecule has 0 aliphatic carbocycles. The predicted octanol–water partition coefficient (Wildman–Crippen LogP) is 7.08. The van der Waals surface area contributed by atoms with Crippen molar-refractivity contribution in [2.75, 3.05) is 38.3 Å². The Morgan fingerprint density at radius 2 is 1.95 bits per heavy atom. The van der Waals surface area contributed by atoms with Gasteiger partial charge in [-0.25, -0.2) is 4.21 Å². The molecule has 5 unspecified atom stereocenters. The van der Waals surface area contributed by atoms with Crippen LogP contribution in [0.25, 0.3) is 0 Å². The Morgan fingerprint density at radius 3 is 2.71 bits per heavy atom. The van der Waals surface area contributed by atoms with Crippen LogP contribution in [0.5, 0.6) is 5.75 Å². The number of halogens is 1. The van der Waals surface area contributed by atoms with Crippen LogP contribution >= 0.6 is 11.6 Å². The van der Waals surface area contributed by atoms with Gasteiger partial charge in [0, 0.05) is 31.1 Å². The summed E-state index contributed by atoms with van der Waals surface area (Å²) in [6.45, 7) is 8.99. The molecule has 2 aliphatic heterocycles. The lowest BCUT2D eigenvalue weighted by Gasteiger charge is -2.29. The first-order valence-corrected chi connectivity index (χ1v) is 16.5. The molecule has 2 bridgehead atoms. The second-order valence-corrected chi connectivity index (χ2v) is 13.1. The minimum atomic E-state index is -1.70. The van der Waals surface area contributed by atoms with Gasteiger partial charge < -0.3 is 14.4 Å². The molecule has 41 heavy (non-hydrogen) atoms. The van der Waals surface area contributed by atoms with E-state index in [0.29, 0.717) is 17.4 Å². The smallest absolute Gasteiger partial charge is 0.237 e. The summed E-state index contributed by atoms with van der Waals surface area (Å²) in [5.74, 6) is 0.916. The van der Waals surface area contributed by atoms with Gasteiger partial charge in [-0.3, -0.25) is 9.52 Å². The molecular weight excluding hydrogens is 556 g/mol. The zero-order chi connectivity index (χ0) is 29.4. The highest BCUT2D eigenvalue weighted by atomic mass is 35.5. The number of fused-ring (bicyclic) bond motifs is 1. The second-order valence-electron chi connectivity index (χ2n) is 11.5. The maximum absolute atomic E-state index is 13.4. The molecule has 0 radical (unpaired) electrons. The maximum Gasteiger partial charge on any atom is 0.237 e. The summed E-state index contributed by atoms with van der Waals surface area (Å²) in [5, 5.41) is 0.759. The largest absolute Gasteiger partial charge is 0.491 e. The van der Waals surface area contributed by atoms with Crippen LogP contribution in [0.1, 0.15) is 69.9 Å². The van der Waals surface area contributed by atoms with Gasteiger partial charge in [-0.2, -0.15) is 0 Å². The molecule has 0 saturated heterocycles. The average Bonchev–Trinajstić information content (AvgIpc) is 3.14. The summed E-state index contributed by atoms with van der Waals surface area (Å²) in [6.07, 6.45) is 10.4. The third kappa shape index (κ3) is 8.14. The van der Waals surface area contributed by atoms with Crippen molar-refractivity contribution in [3.63, 3.8) is 0 Å². The molecule has 5 atom stereocenters. The lowest BCUT2D eigenvalue weighted by molar-refractivity contribution is -0.126. The number of aryl methyl sites for hydroxylation is 1. The highest BCUT2D eigenvalue weighted by Crippen LogP contribution is 2.38. The van der Waals surface area contributed by atoms with Crippen molar-refractivity contribution in [2.24, 2.45) is 17.8 Å². The van der Waals surface area contributed by atoms with Crippen LogP contribution in [0.3, 0.4) is 0 Å². The number of ether oxygens (including phenoxy) is 2. The van der Waals surface area contributed by atoms with Crippen molar-refractivity contribution >= 4 is 34.2 Å². The number of hydrogen-bond acceptors (Lipinski definition) is 5. The molecule has 0 saturated carbocycles. The minimum Gasteiger partial charge on any atom is -0.491 e. The Labute approximate surface area is 253 Å². The third-order valence-electron chi connectivity index (χ3n) is 8.52.